The molecular weight excluding hydrogens is 775 g/mol. The van der Waals surface area contributed by atoms with Gasteiger partial charge in [-0.3, -0.25) is 23.7 Å². The fraction of sp³-hybridized carbons (Fsp3) is 0.568. The minimum absolute atomic E-state index is 0.0433. The fourth-order valence-corrected chi connectivity index (χ4v) is 8.99. The second-order valence-electron chi connectivity index (χ2n) is 17.6. The summed E-state index contributed by atoms with van der Waals surface area (Å²) in [6.07, 6.45) is 6.68. The van der Waals surface area contributed by atoms with Crippen LogP contribution in [-0.2, 0) is 34.1 Å². The van der Waals surface area contributed by atoms with Crippen molar-refractivity contribution in [3.05, 3.63) is 54.6 Å². The first-order valence-corrected chi connectivity index (χ1v) is 22.1. The minimum atomic E-state index is -4.14. The number of carbonyl (C=O) groups is 4. The number of Topliss-reactive ketones (excluding diaryl/α,β-unsaturated/α-hetero) is 1. The predicted octanol–water partition coefficient (Wildman–Crippen LogP) is 6.40. The van der Waals surface area contributed by atoms with Crippen molar-refractivity contribution in [3.63, 3.8) is 0 Å². The van der Waals surface area contributed by atoms with E-state index in [-0.39, 0.29) is 49.5 Å². The SMILES string of the molecule is COc1cccc(-c2cccc3c2nc(O[C@@H]2C[C@H]4C(=O)C[C@]5(C(=O)NS(=O)(=O)N(C)C)C[C@@H]5/C=C\CCCCC[C@H](CC(=O)OC(C)(C)C)C(=O)N4C2)n3C(C)C)c1. The van der Waals surface area contributed by atoms with Gasteiger partial charge in [-0.25, -0.2) is 4.72 Å². The van der Waals surface area contributed by atoms with Gasteiger partial charge in [0, 0.05) is 44.5 Å². The lowest BCUT2D eigenvalue weighted by atomic mass is 9.90. The molecule has 14 nitrogen and oxygen atoms in total. The van der Waals surface area contributed by atoms with Gasteiger partial charge < -0.3 is 19.1 Å². The smallest absolute Gasteiger partial charge is 0.307 e. The second-order valence-corrected chi connectivity index (χ2v) is 19.5. The molecule has 15 heteroatoms. The van der Waals surface area contributed by atoms with Gasteiger partial charge >= 0.3 is 16.2 Å². The van der Waals surface area contributed by atoms with Gasteiger partial charge in [0.05, 0.1) is 37.0 Å². The van der Waals surface area contributed by atoms with Crippen LogP contribution in [0.1, 0.15) is 98.4 Å². The molecule has 3 aliphatic rings. The van der Waals surface area contributed by atoms with Gasteiger partial charge in [0.1, 0.15) is 23.0 Å². The number of ether oxygens (including phenoxy) is 3. The van der Waals surface area contributed by atoms with Crippen molar-refractivity contribution in [3.8, 4) is 22.9 Å². The van der Waals surface area contributed by atoms with Gasteiger partial charge in [0.15, 0.2) is 5.78 Å². The van der Waals surface area contributed by atoms with Crippen LogP contribution in [0.5, 0.6) is 11.8 Å². The third-order valence-electron chi connectivity index (χ3n) is 11.5. The van der Waals surface area contributed by atoms with Gasteiger partial charge in [0.2, 0.25) is 11.8 Å². The molecule has 59 heavy (non-hydrogen) atoms. The number of nitrogens with zero attached hydrogens (tertiary/aromatic N) is 4. The fourth-order valence-electron chi connectivity index (χ4n) is 8.37. The number of hydrogen-bond donors (Lipinski definition) is 1. The van der Waals surface area contributed by atoms with E-state index in [1.807, 2.05) is 73.0 Å². The van der Waals surface area contributed by atoms with Crippen LogP contribution in [0.25, 0.3) is 22.2 Å². The van der Waals surface area contributed by atoms with Crippen molar-refractivity contribution in [2.45, 2.75) is 116 Å². The number of carbonyl (C=O) groups excluding carboxylic acids is 4. The molecule has 0 unspecified atom stereocenters. The average molecular weight is 834 g/mol. The van der Waals surface area contributed by atoms with E-state index in [1.54, 1.807) is 27.9 Å². The van der Waals surface area contributed by atoms with Crippen LogP contribution < -0.4 is 14.2 Å². The molecule has 1 saturated carbocycles. The summed E-state index contributed by atoms with van der Waals surface area (Å²) in [5, 5.41) is 0. The van der Waals surface area contributed by atoms with Crippen molar-refractivity contribution >= 4 is 44.8 Å². The van der Waals surface area contributed by atoms with Crippen molar-refractivity contribution < 1.29 is 41.8 Å². The molecule has 2 aromatic carbocycles. The number of hydrogen-bond acceptors (Lipinski definition) is 10. The predicted molar refractivity (Wildman–Crippen MR) is 224 cm³/mol. The number of benzene rings is 2. The summed E-state index contributed by atoms with van der Waals surface area (Å²) in [6, 6.07) is 12.9. The molecule has 6 rings (SSSR count). The van der Waals surface area contributed by atoms with Gasteiger partial charge in [-0.15, -0.1) is 0 Å². The van der Waals surface area contributed by atoms with Crippen LogP contribution >= 0.6 is 0 Å². The lowest BCUT2D eigenvalue weighted by Crippen LogP contribution is -2.47. The lowest BCUT2D eigenvalue weighted by molar-refractivity contribution is -0.159. The zero-order chi connectivity index (χ0) is 42.9. The number of aromatic nitrogens is 2. The Balaban J connectivity index is 1.37. The molecule has 1 saturated heterocycles. The Morgan fingerprint density at radius 1 is 1.07 bits per heavy atom. The summed E-state index contributed by atoms with van der Waals surface area (Å²) in [6.45, 7) is 9.43. The Morgan fingerprint density at radius 3 is 2.51 bits per heavy atom. The Bertz CT molecular complexity index is 2210. The van der Waals surface area contributed by atoms with Gasteiger partial charge in [0.25, 0.3) is 6.01 Å². The topological polar surface area (TPSA) is 166 Å². The van der Waals surface area contributed by atoms with E-state index < -0.39 is 51.2 Å². The first kappa shape index (κ1) is 43.8. The number of esters is 1. The van der Waals surface area contributed by atoms with Crippen molar-refractivity contribution in [1.29, 1.82) is 0 Å². The van der Waals surface area contributed by atoms with E-state index >= 15 is 0 Å². The number of methoxy groups -OCH3 is 1. The highest BCUT2D eigenvalue weighted by molar-refractivity contribution is 7.87. The molecule has 0 bridgehead atoms. The Kier molecular flexibility index (Phi) is 13.0. The lowest BCUT2D eigenvalue weighted by Gasteiger charge is -2.29. The molecule has 2 amide bonds. The standard InChI is InChI=1S/C44H59N5O9S/c1-28(2)49-35-21-15-20-34(29-17-14-19-32(22-29)56-8)39(35)45-42(49)57-33-24-36-37(50)26-44(41(53)46-59(54,55)47(6)7)25-31(44)18-13-11-9-10-12-16-30(40(52)48(36)27-33)23-38(51)58-43(3,4)5/h13-15,17-22,28,30-31,33,36H,9-12,16,23-27H2,1-8H3,(H,46,53)/b18-13-/t30-,31+,33-,36+,44-/m1/s1. The zero-order valence-electron chi connectivity index (χ0n) is 35.5. The summed E-state index contributed by atoms with van der Waals surface area (Å²) in [5.41, 5.74) is 1.31. The molecule has 1 N–H and O–H groups in total. The number of rotatable bonds is 10. The molecule has 5 atom stereocenters. The van der Waals surface area contributed by atoms with Crippen LogP contribution in [0, 0.1) is 17.3 Å². The number of fused-ring (bicyclic) bond motifs is 3. The third kappa shape index (κ3) is 9.83. The summed E-state index contributed by atoms with van der Waals surface area (Å²) < 4.78 is 48.6. The Morgan fingerprint density at radius 2 is 1.81 bits per heavy atom. The summed E-state index contributed by atoms with van der Waals surface area (Å²) in [5.74, 6) is -2.36. The van der Waals surface area contributed by atoms with Gasteiger partial charge in [-0.1, -0.05) is 49.3 Å². The largest absolute Gasteiger partial charge is 0.497 e. The van der Waals surface area contributed by atoms with E-state index in [0.29, 0.717) is 31.0 Å². The molecule has 1 aliphatic carbocycles. The molecular formula is C44H59N5O9S. The van der Waals surface area contributed by atoms with E-state index in [4.69, 9.17) is 19.2 Å². The Labute approximate surface area is 347 Å². The first-order valence-electron chi connectivity index (χ1n) is 20.6. The first-order chi connectivity index (χ1) is 27.8. The summed E-state index contributed by atoms with van der Waals surface area (Å²) >= 11 is 0. The van der Waals surface area contributed by atoms with Crippen LogP contribution in [0.15, 0.2) is 54.6 Å². The highest BCUT2D eigenvalue weighted by Gasteiger charge is 2.61. The molecule has 3 aromatic rings. The molecule has 3 heterocycles. The molecule has 1 aromatic heterocycles. The van der Waals surface area contributed by atoms with Crippen molar-refractivity contribution in [1.82, 2.24) is 23.5 Å². The van der Waals surface area contributed by atoms with Crippen LogP contribution in [0.3, 0.4) is 0 Å². The zero-order valence-corrected chi connectivity index (χ0v) is 36.3. The number of allylic oxidation sites excluding steroid dienone is 2. The maximum Gasteiger partial charge on any atom is 0.307 e. The van der Waals surface area contributed by atoms with Crippen molar-refractivity contribution in [2.24, 2.45) is 17.3 Å². The summed E-state index contributed by atoms with van der Waals surface area (Å²) in [4.78, 5) is 63.0. The number of nitrogens with one attached hydrogen (secondary N) is 1. The third-order valence-corrected chi connectivity index (χ3v) is 12.9. The average Bonchev–Trinajstić information content (AvgIpc) is 3.48. The molecule has 0 spiro atoms. The molecule has 320 valence electrons. The van der Waals surface area contributed by atoms with Gasteiger partial charge in [-0.05, 0) is 90.0 Å². The van der Waals surface area contributed by atoms with Crippen LogP contribution in [0.4, 0.5) is 0 Å². The van der Waals surface area contributed by atoms with Gasteiger partial charge in [-0.2, -0.15) is 17.7 Å². The number of ketones is 1. The maximum atomic E-state index is 14.8. The quantitative estimate of drug-likeness (QED) is 0.179. The maximum absolute atomic E-state index is 14.8. The monoisotopic (exact) mass is 833 g/mol. The van der Waals surface area contributed by atoms with E-state index in [1.165, 1.54) is 19.0 Å². The van der Waals surface area contributed by atoms with E-state index in [9.17, 15) is 27.6 Å². The Hall–Kier alpha value is -4.76. The van der Waals surface area contributed by atoms with Crippen LogP contribution in [-0.4, -0.2) is 96.2 Å². The normalized spacial score (nSPS) is 24.9. The highest BCUT2D eigenvalue weighted by Crippen LogP contribution is 2.57. The highest BCUT2D eigenvalue weighted by atomic mass is 32.2. The number of amides is 2. The summed E-state index contributed by atoms with van der Waals surface area (Å²) in [7, 11) is 0.127. The van der Waals surface area contributed by atoms with E-state index in [0.717, 1.165) is 45.7 Å². The number of para-hydroxylation sites is 1. The molecule has 2 fully saturated rings. The van der Waals surface area contributed by atoms with E-state index in [2.05, 4.69) is 4.72 Å². The van der Waals surface area contributed by atoms with Crippen molar-refractivity contribution in [2.75, 3.05) is 27.7 Å². The molecule has 2 aliphatic heterocycles. The second kappa shape index (κ2) is 17.5. The minimum Gasteiger partial charge on any atom is -0.497 e. The number of imidazole rings is 1. The molecule has 0 radical (unpaired) electrons. The van der Waals surface area contributed by atoms with Crippen LogP contribution in [0.2, 0.25) is 0 Å².